The Labute approximate surface area is 138 Å². The Bertz CT molecular complexity index is 682. The van der Waals surface area contributed by atoms with Gasteiger partial charge >= 0.3 is 0 Å². The van der Waals surface area contributed by atoms with E-state index in [4.69, 9.17) is 22.7 Å². The molecule has 1 aromatic heterocycles. The molecule has 0 amide bonds. The average Bonchev–Trinajstić information content (AvgIpc) is 2.73. The van der Waals surface area contributed by atoms with Crippen molar-refractivity contribution in [1.29, 1.82) is 0 Å². The number of halogens is 1. The fraction of sp³-hybridized carbons (Fsp3) is 0.333. The highest BCUT2D eigenvalue weighted by Crippen LogP contribution is 2.25. The number of nitrogens with zero attached hydrogens (tertiary/aromatic N) is 2. The lowest BCUT2D eigenvalue weighted by Gasteiger charge is -2.12. The standard InChI is InChI=1S/C15H18BrN3OS/c1-4-19-12(14(16)10(3)18-19)8-20-13-7-11(15(17)21)6-5-9(13)2/h5-7H,4,8H2,1-3H3,(H2,17,21). The molecule has 0 atom stereocenters. The molecule has 2 aromatic rings. The van der Waals surface area contributed by atoms with Crippen molar-refractivity contribution in [1.82, 2.24) is 9.78 Å². The van der Waals surface area contributed by atoms with Crippen LogP contribution in [-0.4, -0.2) is 14.8 Å². The number of aromatic nitrogens is 2. The second-order valence-electron chi connectivity index (χ2n) is 4.80. The zero-order chi connectivity index (χ0) is 15.6. The first-order valence-electron chi connectivity index (χ1n) is 6.69. The van der Waals surface area contributed by atoms with Gasteiger partial charge in [0.25, 0.3) is 0 Å². The van der Waals surface area contributed by atoms with Crippen molar-refractivity contribution in [3.63, 3.8) is 0 Å². The Morgan fingerprint density at radius 1 is 1.43 bits per heavy atom. The number of nitrogens with two attached hydrogens (primary N) is 1. The van der Waals surface area contributed by atoms with E-state index in [0.29, 0.717) is 11.6 Å². The van der Waals surface area contributed by atoms with Crippen LogP contribution in [0.2, 0.25) is 0 Å². The Hall–Kier alpha value is -1.40. The second kappa shape index (κ2) is 6.58. The molecule has 2 rings (SSSR count). The van der Waals surface area contributed by atoms with E-state index in [1.54, 1.807) is 0 Å². The van der Waals surface area contributed by atoms with Gasteiger partial charge in [0.1, 0.15) is 17.3 Å². The summed E-state index contributed by atoms with van der Waals surface area (Å²) in [5.41, 5.74) is 9.51. The minimum atomic E-state index is 0.371. The summed E-state index contributed by atoms with van der Waals surface area (Å²) in [4.78, 5) is 0.371. The maximum atomic E-state index is 5.94. The molecule has 0 radical (unpaired) electrons. The highest BCUT2D eigenvalue weighted by molar-refractivity contribution is 9.10. The van der Waals surface area contributed by atoms with Crippen LogP contribution in [0.25, 0.3) is 0 Å². The Balaban J connectivity index is 2.24. The van der Waals surface area contributed by atoms with Gasteiger partial charge in [0, 0.05) is 12.1 Å². The topological polar surface area (TPSA) is 53.1 Å². The molecule has 0 aliphatic rings. The number of hydrogen-bond acceptors (Lipinski definition) is 3. The van der Waals surface area contributed by atoms with E-state index in [-0.39, 0.29) is 0 Å². The fourth-order valence-corrected chi connectivity index (χ4v) is 2.59. The van der Waals surface area contributed by atoms with E-state index in [2.05, 4.69) is 28.0 Å². The van der Waals surface area contributed by atoms with Crippen LogP contribution in [0, 0.1) is 13.8 Å². The fourth-order valence-electron chi connectivity index (χ4n) is 2.06. The van der Waals surface area contributed by atoms with Crippen LogP contribution in [0.15, 0.2) is 22.7 Å². The molecule has 0 bridgehead atoms. The van der Waals surface area contributed by atoms with E-state index in [9.17, 15) is 0 Å². The molecule has 6 heteroatoms. The molecule has 21 heavy (non-hydrogen) atoms. The molecule has 0 unspecified atom stereocenters. The van der Waals surface area contributed by atoms with Gasteiger partial charge in [-0.1, -0.05) is 24.4 Å². The molecule has 0 saturated heterocycles. The first-order chi connectivity index (χ1) is 9.93. The van der Waals surface area contributed by atoms with Crippen molar-refractivity contribution in [3.8, 4) is 5.75 Å². The minimum absolute atomic E-state index is 0.371. The Morgan fingerprint density at radius 2 is 2.14 bits per heavy atom. The normalized spacial score (nSPS) is 10.7. The average molecular weight is 368 g/mol. The molecule has 4 nitrogen and oxygen atoms in total. The summed E-state index contributed by atoms with van der Waals surface area (Å²) in [5, 5.41) is 4.46. The van der Waals surface area contributed by atoms with E-state index in [1.807, 2.05) is 36.7 Å². The third kappa shape index (κ3) is 3.44. The minimum Gasteiger partial charge on any atom is -0.487 e. The van der Waals surface area contributed by atoms with Crippen LogP contribution in [0.4, 0.5) is 0 Å². The molecule has 0 fully saturated rings. The van der Waals surface area contributed by atoms with Crippen LogP contribution in [0.1, 0.15) is 29.4 Å². The molecule has 0 aliphatic carbocycles. The van der Waals surface area contributed by atoms with E-state index in [1.165, 1.54) is 0 Å². The number of thiocarbonyl (C=S) groups is 1. The smallest absolute Gasteiger partial charge is 0.131 e. The van der Waals surface area contributed by atoms with Gasteiger partial charge in [0.15, 0.2) is 0 Å². The second-order valence-corrected chi connectivity index (χ2v) is 6.03. The third-order valence-electron chi connectivity index (χ3n) is 3.29. The summed E-state index contributed by atoms with van der Waals surface area (Å²) < 4.78 is 8.87. The number of rotatable bonds is 5. The van der Waals surface area contributed by atoms with Gasteiger partial charge in [-0.15, -0.1) is 0 Å². The summed E-state index contributed by atoms with van der Waals surface area (Å²) in [6, 6.07) is 5.74. The van der Waals surface area contributed by atoms with Crippen molar-refractivity contribution in [2.75, 3.05) is 0 Å². The van der Waals surface area contributed by atoms with Crippen LogP contribution in [-0.2, 0) is 13.2 Å². The molecule has 0 saturated carbocycles. The van der Waals surface area contributed by atoms with Crippen molar-refractivity contribution < 1.29 is 4.74 Å². The van der Waals surface area contributed by atoms with Crippen molar-refractivity contribution in [2.45, 2.75) is 33.9 Å². The van der Waals surface area contributed by atoms with Crippen LogP contribution in [0.3, 0.4) is 0 Å². The summed E-state index contributed by atoms with van der Waals surface area (Å²) in [5.74, 6) is 0.786. The number of benzene rings is 1. The number of aryl methyl sites for hydroxylation is 3. The Morgan fingerprint density at radius 3 is 2.76 bits per heavy atom. The monoisotopic (exact) mass is 367 g/mol. The van der Waals surface area contributed by atoms with Gasteiger partial charge in [0.05, 0.1) is 15.9 Å². The molecule has 0 aliphatic heterocycles. The SMILES string of the molecule is CCn1nc(C)c(Br)c1COc1cc(C(N)=S)ccc1C. The summed E-state index contributed by atoms with van der Waals surface area (Å²) in [6.07, 6.45) is 0. The lowest BCUT2D eigenvalue weighted by Crippen LogP contribution is -2.10. The van der Waals surface area contributed by atoms with Gasteiger partial charge in [-0.05, 0) is 48.3 Å². The van der Waals surface area contributed by atoms with Crippen molar-refractivity contribution in [3.05, 3.63) is 45.2 Å². The van der Waals surface area contributed by atoms with Crippen LogP contribution in [0.5, 0.6) is 5.75 Å². The number of hydrogen-bond donors (Lipinski definition) is 1. The van der Waals surface area contributed by atoms with Gasteiger partial charge in [-0.2, -0.15) is 5.10 Å². The van der Waals surface area contributed by atoms with Crippen molar-refractivity contribution in [2.24, 2.45) is 5.73 Å². The lowest BCUT2D eigenvalue weighted by atomic mass is 10.1. The lowest BCUT2D eigenvalue weighted by molar-refractivity contribution is 0.289. The summed E-state index contributed by atoms with van der Waals surface area (Å²) in [6.45, 7) is 7.27. The third-order valence-corrected chi connectivity index (χ3v) is 4.56. The van der Waals surface area contributed by atoms with Crippen LogP contribution < -0.4 is 10.5 Å². The molecule has 0 spiro atoms. The highest BCUT2D eigenvalue weighted by Gasteiger charge is 2.13. The largest absolute Gasteiger partial charge is 0.487 e. The molecule has 1 heterocycles. The van der Waals surface area contributed by atoms with E-state index in [0.717, 1.165) is 39.3 Å². The van der Waals surface area contributed by atoms with Crippen molar-refractivity contribution >= 4 is 33.1 Å². The first-order valence-corrected chi connectivity index (χ1v) is 7.89. The van der Waals surface area contributed by atoms with E-state index < -0.39 is 0 Å². The summed E-state index contributed by atoms with van der Waals surface area (Å²) in [7, 11) is 0. The predicted molar refractivity (Wildman–Crippen MR) is 91.7 cm³/mol. The molecular weight excluding hydrogens is 350 g/mol. The summed E-state index contributed by atoms with van der Waals surface area (Å²) >= 11 is 8.57. The first kappa shape index (κ1) is 16.0. The molecule has 1 aromatic carbocycles. The zero-order valence-electron chi connectivity index (χ0n) is 12.3. The van der Waals surface area contributed by atoms with E-state index >= 15 is 0 Å². The van der Waals surface area contributed by atoms with Gasteiger partial charge in [-0.25, -0.2) is 0 Å². The highest BCUT2D eigenvalue weighted by atomic mass is 79.9. The predicted octanol–water partition coefficient (Wildman–Crippen LogP) is 3.50. The Kier molecular flexibility index (Phi) is 5.00. The van der Waals surface area contributed by atoms with Gasteiger partial charge < -0.3 is 10.5 Å². The van der Waals surface area contributed by atoms with Gasteiger partial charge in [-0.3, -0.25) is 4.68 Å². The quantitative estimate of drug-likeness (QED) is 0.821. The maximum Gasteiger partial charge on any atom is 0.131 e. The van der Waals surface area contributed by atoms with Gasteiger partial charge in [0.2, 0.25) is 0 Å². The zero-order valence-corrected chi connectivity index (χ0v) is 14.7. The van der Waals surface area contributed by atoms with Crippen LogP contribution >= 0.6 is 28.1 Å². The maximum absolute atomic E-state index is 5.94. The number of ether oxygens (including phenoxy) is 1. The molecule has 2 N–H and O–H groups in total. The molecular formula is C15H18BrN3OS. The molecule has 112 valence electrons.